The number of hydrogen-bond donors (Lipinski definition) is 0. The van der Waals surface area contributed by atoms with Crippen molar-refractivity contribution in [2.24, 2.45) is 0 Å². The van der Waals surface area contributed by atoms with E-state index >= 15 is 0 Å². The molecule has 0 aliphatic heterocycles. The van der Waals surface area contributed by atoms with Crippen molar-refractivity contribution in [3.63, 3.8) is 0 Å². The molecule has 0 bridgehead atoms. The number of unbranched alkanes of at least 4 members (excludes halogenated alkanes) is 1. The van der Waals surface area contributed by atoms with E-state index in [4.69, 9.17) is 16.9 Å². The Bertz CT molecular complexity index is 566. The molecule has 0 amide bonds. The Morgan fingerprint density at radius 3 is 2.89 bits per heavy atom. The minimum Gasteiger partial charge on any atom is -0.334 e. The van der Waals surface area contributed by atoms with E-state index in [-0.39, 0.29) is 0 Å². The molecule has 0 saturated heterocycles. The van der Waals surface area contributed by atoms with Gasteiger partial charge in [0, 0.05) is 30.4 Å². The lowest BCUT2D eigenvalue weighted by atomic mass is 10.2. The van der Waals surface area contributed by atoms with Gasteiger partial charge in [-0.05, 0) is 25.5 Å². The maximum absolute atomic E-state index is 8.53. The SMILES string of the molecule is Cc1c(-c2ccc(Cl)nc2)ncn1CCCC#N. The lowest BCUT2D eigenvalue weighted by molar-refractivity contribution is 0.639. The lowest BCUT2D eigenvalue weighted by Gasteiger charge is -2.04. The van der Waals surface area contributed by atoms with Crippen molar-refractivity contribution in [3.05, 3.63) is 35.5 Å². The van der Waals surface area contributed by atoms with Crippen molar-refractivity contribution in [2.45, 2.75) is 26.3 Å². The third kappa shape index (κ3) is 2.69. The molecule has 0 radical (unpaired) electrons. The number of rotatable bonds is 4. The number of hydrogen-bond acceptors (Lipinski definition) is 3. The van der Waals surface area contributed by atoms with Gasteiger partial charge in [0.25, 0.3) is 0 Å². The van der Waals surface area contributed by atoms with Crippen LogP contribution in [0.5, 0.6) is 0 Å². The van der Waals surface area contributed by atoms with Crippen LogP contribution in [0.2, 0.25) is 5.15 Å². The molecule has 0 N–H and O–H groups in total. The summed E-state index contributed by atoms with van der Waals surface area (Å²) in [4.78, 5) is 8.45. The van der Waals surface area contributed by atoms with Crippen LogP contribution in [0.25, 0.3) is 11.3 Å². The second-order valence-electron chi connectivity index (χ2n) is 4.00. The minimum absolute atomic E-state index is 0.477. The number of nitriles is 1. The third-order valence-corrected chi connectivity index (χ3v) is 3.01. The molecule has 5 heteroatoms. The highest BCUT2D eigenvalue weighted by atomic mass is 35.5. The van der Waals surface area contributed by atoms with Crippen LogP contribution in [0.15, 0.2) is 24.7 Å². The van der Waals surface area contributed by atoms with Crippen LogP contribution in [0.4, 0.5) is 0 Å². The number of halogens is 1. The van der Waals surface area contributed by atoms with E-state index in [1.807, 2.05) is 13.0 Å². The van der Waals surface area contributed by atoms with E-state index in [1.54, 1.807) is 18.6 Å². The van der Waals surface area contributed by atoms with E-state index in [0.717, 1.165) is 29.9 Å². The topological polar surface area (TPSA) is 54.5 Å². The molecule has 0 saturated carbocycles. The molecule has 2 rings (SSSR count). The molecular formula is C13H13ClN4. The second kappa shape index (κ2) is 5.65. The average Bonchev–Trinajstić information content (AvgIpc) is 2.73. The van der Waals surface area contributed by atoms with Crippen LogP contribution in [0, 0.1) is 18.3 Å². The van der Waals surface area contributed by atoms with Crippen LogP contribution in [-0.4, -0.2) is 14.5 Å². The number of aryl methyl sites for hydroxylation is 1. The van der Waals surface area contributed by atoms with Gasteiger partial charge >= 0.3 is 0 Å². The smallest absolute Gasteiger partial charge is 0.129 e. The van der Waals surface area contributed by atoms with Gasteiger partial charge < -0.3 is 4.57 Å². The van der Waals surface area contributed by atoms with Gasteiger partial charge in [-0.15, -0.1) is 0 Å². The van der Waals surface area contributed by atoms with Gasteiger partial charge in [0.1, 0.15) is 5.15 Å². The van der Waals surface area contributed by atoms with Crippen LogP contribution < -0.4 is 0 Å². The highest BCUT2D eigenvalue weighted by Gasteiger charge is 2.08. The summed E-state index contributed by atoms with van der Waals surface area (Å²) in [6, 6.07) is 5.81. The van der Waals surface area contributed by atoms with E-state index < -0.39 is 0 Å². The first-order chi connectivity index (χ1) is 8.72. The predicted molar refractivity (Wildman–Crippen MR) is 70.1 cm³/mol. The zero-order valence-electron chi connectivity index (χ0n) is 10.1. The Balaban J connectivity index is 2.20. The molecule has 0 spiro atoms. The molecule has 0 aromatic carbocycles. The highest BCUT2D eigenvalue weighted by Crippen LogP contribution is 2.22. The van der Waals surface area contributed by atoms with Crippen molar-refractivity contribution in [2.75, 3.05) is 0 Å². The third-order valence-electron chi connectivity index (χ3n) is 2.79. The molecular weight excluding hydrogens is 248 g/mol. The zero-order valence-corrected chi connectivity index (χ0v) is 10.9. The first-order valence-electron chi connectivity index (χ1n) is 5.73. The van der Waals surface area contributed by atoms with Crippen molar-refractivity contribution < 1.29 is 0 Å². The molecule has 2 heterocycles. The van der Waals surface area contributed by atoms with Crippen molar-refractivity contribution in [1.29, 1.82) is 5.26 Å². The normalized spacial score (nSPS) is 10.3. The average molecular weight is 261 g/mol. The Morgan fingerprint density at radius 2 is 2.22 bits per heavy atom. The van der Waals surface area contributed by atoms with Crippen LogP contribution >= 0.6 is 11.6 Å². The van der Waals surface area contributed by atoms with Gasteiger partial charge in [-0.1, -0.05) is 11.6 Å². The number of pyridine rings is 1. The van der Waals surface area contributed by atoms with Crippen molar-refractivity contribution >= 4 is 11.6 Å². The fourth-order valence-corrected chi connectivity index (χ4v) is 1.91. The van der Waals surface area contributed by atoms with Crippen LogP contribution in [0.1, 0.15) is 18.5 Å². The minimum atomic E-state index is 0.477. The van der Waals surface area contributed by atoms with Crippen LogP contribution in [-0.2, 0) is 6.54 Å². The summed E-state index contributed by atoms with van der Waals surface area (Å²) < 4.78 is 2.06. The van der Waals surface area contributed by atoms with E-state index in [9.17, 15) is 0 Å². The predicted octanol–water partition coefficient (Wildman–Crippen LogP) is 3.21. The Labute approximate surface area is 111 Å². The first-order valence-corrected chi connectivity index (χ1v) is 6.11. The fraction of sp³-hybridized carbons (Fsp3) is 0.308. The maximum Gasteiger partial charge on any atom is 0.129 e. The summed E-state index contributed by atoms with van der Waals surface area (Å²) in [7, 11) is 0. The maximum atomic E-state index is 8.53. The summed E-state index contributed by atoms with van der Waals surface area (Å²) >= 11 is 5.76. The molecule has 0 atom stereocenters. The Kier molecular flexibility index (Phi) is 3.96. The quantitative estimate of drug-likeness (QED) is 0.627. The van der Waals surface area contributed by atoms with Gasteiger partial charge in [-0.3, -0.25) is 0 Å². The molecule has 2 aromatic heterocycles. The van der Waals surface area contributed by atoms with Gasteiger partial charge in [0.05, 0.1) is 18.1 Å². The summed E-state index contributed by atoms with van der Waals surface area (Å²) in [5, 5.41) is 9.00. The molecule has 4 nitrogen and oxygen atoms in total. The number of imidazole rings is 1. The molecule has 0 aliphatic rings. The monoisotopic (exact) mass is 260 g/mol. The molecule has 2 aromatic rings. The summed E-state index contributed by atoms with van der Waals surface area (Å²) in [6.45, 7) is 2.83. The van der Waals surface area contributed by atoms with E-state index in [2.05, 4.69) is 20.6 Å². The summed E-state index contributed by atoms with van der Waals surface area (Å²) in [5.41, 5.74) is 2.95. The summed E-state index contributed by atoms with van der Waals surface area (Å²) in [6.07, 6.45) is 4.93. The molecule has 0 fully saturated rings. The fourth-order valence-electron chi connectivity index (χ4n) is 1.80. The molecule has 92 valence electrons. The molecule has 18 heavy (non-hydrogen) atoms. The van der Waals surface area contributed by atoms with Crippen LogP contribution in [0.3, 0.4) is 0 Å². The zero-order chi connectivity index (χ0) is 13.0. The highest BCUT2D eigenvalue weighted by molar-refractivity contribution is 6.29. The Morgan fingerprint density at radius 1 is 1.39 bits per heavy atom. The van der Waals surface area contributed by atoms with E-state index in [0.29, 0.717) is 11.6 Å². The molecule has 0 unspecified atom stereocenters. The lowest BCUT2D eigenvalue weighted by Crippen LogP contribution is -1.98. The Hall–Kier alpha value is -1.86. The van der Waals surface area contributed by atoms with Gasteiger partial charge in [-0.2, -0.15) is 5.26 Å². The van der Waals surface area contributed by atoms with Crippen molar-refractivity contribution in [3.8, 4) is 17.3 Å². The van der Waals surface area contributed by atoms with Gasteiger partial charge in [0.15, 0.2) is 0 Å². The first kappa shape index (κ1) is 12.6. The van der Waals surface area contributed by atoms with Crippen molar-refractivity contribution in [1.82, 2.24) is 14.5 Å². The van der Waals surface area contributed by atoms with Gasteiger partial charge in [0.2, 0.25) is 0 Å². The summed E-state index contributed by atoms with van der Waals surface area (Å²) in [5.74, 6) is 0. The number of aromatic nitrogens is 3. The largest absolute Gasteiger partial charge is 0.334 e. The second-order valence-corrected chi connectivity index (χ2v) is 4.39. The molecule has 0 aliphatic carbocycles. The standard InChI is InChI=1S/C13H13ClN4/c1-10-13(11-4-5-12(14)16-8-11)17-9-18(10)7-3-2-6-15/h4-5,8-9H,2-3,7H2,1H3. The van der Waals surface area contributed by atoms with Gasteiger partial charge in [-0.25, -0.2) is 9.97 Å². The van der Waals surface area contributed by atoms with E-state index in [1.165, 1.54) is 0 Å². The number of nitrogens with zero attached hydrogens (tertiary/aromatic N) is 4.